The lowest BCUT2D eigenvalue weighted by Gasteiger charge is -2.13. The van der Waals surface area contributed by atoms with Crippen molar-refractivity contribution in [1.82, 2.24) is 9.97 Å². The van der Waals surface area contributed by atoms with E-state index in [1.807, 2.05) is 0 Å². The maximum absolute atomic E-state index is 8.85. The number of hydrogen-bond acceptors (Lipinski definition) is 6. The third-order valence-electron chi connectivity index (χ3n) is 1.68. The number of aliphatic hydroxyl groups excluding tert-OH is 2. The number of nitrogens with zero attached hydrogens (tertiary/aromatic N) is 2. The van der Waals surface area contributed by atoms with Crippen LogP contribution in [0.15, 0.2) is 10.7 Å². The van der Waals surface area contributed by atoms with Crippen molar-refractivity contribution in [1.29, 1.82) is 0 Å². The van der Waals surface area contributed by atoms with Gasteiger partial charge in [0.2, 0.25) is 11.8 Å². The first-order chi connectivity index (χ1) is 7.21. The van der Waals surface area contributed by atoms with E-state index in [0.29, 0.717) is 16.3 Å². The van der Waals surface area contributed by atoms with E-state index in [1.165, 1.54) is 13.3 Å². The van der Waals surface area contributed by atoms with Gasteiger partial charge in [0.05, 0.1) is 37.0 Å². The predicted molar refractivity (Wildman–Crippen MR) is 57.9 cm³/mol. The number of rotatable bonds is 5. The monoisotopic (exact) mass is 277 g/mol. The number of hydrogen-bond donors (Lipinski definition) is 3. The summed E-state index contributed by atoms with van der Waals surface area (Å²) in [7, 11) is 1.49. The first-order valence-electron chi connectivity index (χ1n) is 4.26. The van der Waals surface area contributed by atoms with Gasteiger partial charge in [0.1, 0.15) is 0 Å². The summed E-state index contributed by atoms with van der Waals surface area (Å²) in [4.78, 5) is 7.96. The molecule has 1 heterocycles. The molecular weight excluding hydrogens is 266 g/mol. The molecule has 0 aliphatic carbocycles. The van der Waals surface area contributed by atoms with E-state index in [0.717, 1.165) is 0 Å². The SMILES string of the molecule is COc1nc(NC(CO)CO)ncc1Br. The molecule has 15 heavy (non-hydrogen) atoms. The number of aliphatic hydroxyl groups is 2. The molecule has 0 aliphatic heterocycles. The van der Waals surface area contributed by atoms with Gasteiger partial charge in [0, 0.05) is 0 Å². The highest BCUT2D eigenvalue weighted by molar-refractivity contribution is 9.10. The predicted octanol–water partition coefficient (Wildman–Crippen LogP) is 0.0128. The topological polar surface area (TPSA) is 87.5 Å². The highest BCUT2D eigenvalue weighted by atomic mass is 79.9. The molecule has 0 unspecified atom stereocenters. The van der Waals surface area contributed by atoms with Crippen molar-refractivity contribution in [3.05, 3.63) is 10.7 Å². The van der Waals surface area contributed by atoms with Gasteiger partial charge in [-0.3, -0.25) is 0 Å². The lowest BCUT2D eigenvalue weighted by molar-refractivity contribution is 0.203. The van der Waals surface area contributed by atoms with Gasteiger partial charge in [-0.2, -0.15) is 4.98 Å². The minimum atomic E-state index is -0.476. The number of halogens is 1. The van der Waals surface area contributed by atoms with Gasteiger partial charge in [-0.15, -0.1) is 0 Å². The minimum Gasteiger partial charge on any atom is -0.480 e. The van der Waals surface area contributed by atoms with Crippen molar-refractivity contribution < 1.29 is 14.9 Å². The van der Waals surface area contributed by atoms with Crippen molar-refractivity contribution in [2.75, 3.05) is 25.6 Å². The molecule has 0 atom stereocenters. The second-order valence-electron chi connectivity index (χ2n) is 2.76. The first kappa shape index (κ1) is 12.2. The molecule has 0 bridgehead atoms. The van der Waals surface area contributed by atoms with Crippen LogP contribution in [-0.2, 0) is 0 Å². The van der Waals surface area contributed by atoms with Gasteiger partial charge in [0.15, 0.2) is 0 Å². The lowest BCUT2D eigenvalue weighted by atomic mass is 10.3. The van der Waals surface area contributed by atoms with Crippen molar-refractivity contribution in [3.8, 4) is 5.88 Å². The summed E-state index contributed by atoms with van der Waals surface area (Å²) < 4.78 is 5.61. The van der Waals surface area contributed by atoms with Crippen LogP contribution < -0.4 is 10.1 Å². The van der Waals surface area contributed by atoms with Crippen LogP contribution in [0, 0.1) is 0 Å². The van der Waals surface area contributed by atoms with E-state index in [4.69, 9.17) is 14.9 Å². The molecule has 0 saturated heterocycles. The third kappa shape index (κ3) is 3.29. The summed E-state index contributed by atoms with van der Waals surface area (Å²) in [5.41, 5.74) is 0. The van der Waals surface area contributed by atoms with Crippen molar-refractivity contribution in [3.63, 3.8) is 0 Å². The fourth-order valence-electron chi connectivity index (χ4n) is 0.896. The van der Waals surface area contributed by atoms with Crippen LogP contribution in [0.3, 0.4) is 0 Å². The van der Waals surface area contributed by atoms with Crippen LogP contribution in [0.25, 0.3) is 0 Å². The number of nitrogens with one attached hydrogen (secondary N) is 1. The van der Waals surface area contributed by atoms with Crippen molar-refractivity contribution in [2.45, 2.75) is 6.04 Å². The Bertz CT molecular complexity index is 320. The Morgan fingerprint density at radius 2 is 2.20 bits per heavy atom. The summed E-state index contributed by atoms with van der Waals surface area (Å²) in [6, 6.07) is -0.476. The van der Waals surface area contributed by atoms with Gasteiger partial charge in [0.25, 0.3) is 0 Å². The Kier molecular flexibility index (Phi) is 4.73. The van der Waals surface area contributed by atoms with Crippen LogP contribution in [0.4, 0.5) is 5.95 Å². The molecule has 1 aromatic rings. The Morgan fingerprint density at radius 1 is 1.53 bits per heavy atom. The Hall–Kier alpha value is -0.920. The molecule has 3 N–H and O–H groups in total. The second-order valence-corrected chi connectivity index (χ2v) is 3.61. The number of methoxy groups -OCH3 is 1. The molecule has 0 fully saturated rings. The highest BCUT2D eigenvalue weighted by Gasteiger charge is 2.09. The molecule has 0 amide bonds. The van der Waals surface area contributed by atoms with Crippen LogP contribution in [-0.4, -0.2) is 46.5 Å². The van der Waals surface area contributed by atoms with E-state index < -0.39 is 6.04 Å². The zero-order valence-electron chi connectivity index (χ0n) is 8.14. The first-order valence-corrected chi connectivity index (χ1v) is 5.05. The molecule has 0 aliphatic rings. The molecule has 1 rings (SSSR count). The molecule has 6 nitrogen and oxygen atoms in total. The van der Waals surface area contributed by atoms with Crippen LogP contribution in [0.2, 0.25) is 0 Å². The normalized spacial score (nSPS) is 10.5. The molecular formula is C8H12BrN3O3. The van der Waals surface area contributed by atoms with E-state index in [1.54, 1.807) is 0 Å². The van der Waals surface area contributed by atoms with E-state index in [9.17, 15) is 0 Å². The molecule has 84 valence electrons. The second kappa shape index (κ2) is 5.84. The third-order valence-corrected chi connectivity index (χ3v) is 2.22. The molecule has 0 spiro atoms. The van der Waals surface area contributed by atoms with E-state index >= 15 is 0 Å². The number of aromatic nitrogens is 2. The fraction of sp³-hybridized carbons (Fsp3) is 0.500. The summed E-state index contributed by atoms with van der Waals surface area (Å²) in [5, 5.41) is 20.5. The lowest BCUT2D eigenvalue weighted by Crippen LogP contribution is -2.28. The highest BCUT2D eigenvalue weighted by Crippen LogP contribution is 2.21. The Balaban J connectivity index is 2.77. The smallest absolute Gasteiger partial charge is 0.232 e. The molecule has 0 radical (unpaired) electrons. The fourth-order valence-corrected chi connectivity index (χ4v) is 1.25. The Morgan fingerprint density at radius 3 is 2.73 bits per heavy atom. The molecule has 1 aromatic heterocycles. The number of ether oxygens (including phenoxy) is 1. The standard InChI is InChI=1S/C8H12BrN3O3/c1-15-7-6(9)2-10-8(12-7)11-5(3-13)4-14/h2,5,13-14H,3-4H2,1H3,(H,10,11,12). The molecule has 7 heteroatoms. The molecule has 0 saturated carbocycles. The summed E-state index contributed by atoms with van der Waals surface area (Å²) in [5.74, 6) is 0.685. The zero-order valence-corrected chi connectivity index (χ0v) is 9.73. The van der Waals surface area contributed by atoms with Crippen molar-refractivity contribution in [2.24, 2.45) is 0 Å². The average Bonchev–Trinajstić information content (AvgIpc) is 2.28. The Labute approximate surface area is 95.4 Å². The largest absolute Gasteiger partial charge is 0.480 e. The van der Waals surface area contributed by atoms with Gasteiger partial charge in [-0.25, -0.2) is 4.98 Å². The van der Waals surface area contributed by atoms with Crippen molar-refractivity contribution >= 4 is 21.9 Å². The minimum absolute atomic E-state index is 0.196. The maximum atomic E-state index is 8.85. The summed E-state index contributed by atoms with van der Waals surface area (Å²) in [6.45, 7) is -0.392. The van der Waals surface area contributed by atoms with Crippen LogP contribution in [0.5, 0.6) is 5.88 Å². The van der Waals surface area contributed by atoms with E-state index in [2.05, 4.69) is 31.2 Å². The van der Waals surface area contributed by atoms with Crippen LogP contribution in [0.1, 0.15) is 0 Å². The average molecular weight is 278 g/mol. The van der Waals surface area contributed by atoms with Crippen LogP contribution >= 0.6 is 15.9 Å². The van der Waals surface area contributed by atoms with Gasteiger partial charge >= 0.3 is 0 Å². The van der Waals surface area contributed by atoms with E-state index in [-0.39, 0.29) is 13.2 Å². The summed E-state index contributed by atoms with van der Waals surface area (Å²) in [6.07, 6.45) is 1.53. The van der Waals surface area contributed by atoms with Gasteiger partial charge in [-0.1, -0.05) is 0 Å². The van der Waals surface area contributed by atoms with Gasteiger partial charge < -0.3 is 20.3 Å². The van der Waals surface area contributed by atoms with Gasteiger partial charge in [-0.05, 0) is 15.9 Å². The quantitative estimate of drug-likeness (QED) is 0.703. The zero-order chi connectivity index (χ0) is 11.3. The maximum Gasteiger partial charge on any atom is 0.232 e. The summed E-state index contributed by atoms with van der Waals surface area (Å²) >= 11 is 3.21. The number of anilines is 1. The molecule has 0 aromatic carbocycles.